The van der Waals surface area contributed by atoms with Crippen LogP contribution in [0.4, 0.5) is 11.4 Å². The molecule has 0 radical (unpaired) electrons. The summed E-state index contributed by atoms with van der Waals surface area (Å²) in [4.78, 5) is 14.3. The number of fused-ring (bicyclic) bond motifs is 1. The molecule has 3 rings (SSSR count). The molecular formula is C16H15BrN2O. The van der Waals surface area contributed by atoms with Crippen LogP contribution in [0.2, 0.25) is 0 Å². The number of rotatable bonds is 2. The first-order valence-electron chi connectivity index (χ1n) is 6.57. The summed E-state index contributed by atoms with van der Waals surface area (Å²) in [5.74, 6) is 0.118. The lowest BCUT2D eigenvalue weighted by Crippen LogP contribution is -2.30. The molecule has 0 aromatic heterocycles. The van der Waals surface area contributed by atoms with E-state index in [4.69, 9.17) is 5.73 Å². The van der Waals surface area contributed by atoms with Gasteiger partial charge in [0.25, 0.3) is 0 Å². The van der Waals surface area contributed by atoms with Crippen molar-refractivity contribution in [3.05, 3.63) is 58.1 Å². The number of hydrogen-bond donors (Lipinski definition) is 1. The lowest BCUT2D eigenvalue weighted by molar-refractivity contribution is -0.117. The van der Waals surface area contributed by atoms with Gasteiger partial charge in [0.2, 0.25) is 5.91 Å². The molecule has 102 valence electrons. The Balaban J connectivity index is 1.82. The van der Waals surface area contributed by atoms with E-state index in [0.717, 1.165) is 28.7 Å². The molecule has 0 saturated carbocycles. The van der Waals surface area contributed by atoms with Crippen LogP contribution in [0.15, 0.2) is 46.9 Å². The molecule has 1 aliphatic rings. The second-order valence-corrected chi connectivity index (χ2v) is 5.91. The van der Waals surface area contributed by atoms with Gasteiger partial charge < -0.3 is 10.6 Å². The normalized spacial score (nSPS) is 13.3. The predicted molar refractivity (Wildman–Crippen MR) is 84.8 cm³/mol. The van der Waals surface area contributed by atoms with Gasteiger partial charge in [-0.2, -0.15) is 0 Å². The zero-order chi connectivity index (χ0) is 14.1. The van der Waals surface area contributed by atoms with E-state index in [-0.39, 0.29) is 5.91 Å². The Kier molecular flexibility index (Phi) is 3.49. The maximum absolute atomic E-state index is 12.5. The molecule has 20 heavy (non-hydrogen) atoms. The van der Waals surface area contributed by atoms with Gasteiger partial charge in [0, 0.05) is 22.4 Å². The zero-order valence-electron chi connectivity index (χ0n) is 11.0. The summed E-state index contributed by atoms with van der Waals surface area (Å²) < 4.78 is 0.994. The molecule has 0 unspecified atom stereocenters. The summed E-state index contributed by atoms with van der Waals surface area (Å²) >= 11 is 3.43. The first-order chi connectivity index (χ1) is 9.63. The molecule has 2 aromatic carbocycles. The van der Waals surface area contributed by atoms with E-state index >= 15 is 0 Å². The number of nitrogen functional groups attached to an aromatic ring is 1. The van der Waals surface area contributed by atoms with Crippen molar-refractivity contribution in [1.82, 2.24) is 0 Å². The summed E-state index contributed by atoms with van der Waals surface area (Å²) in [6.45, 7) is 0.742. The van der Waals surface area contributed by atoms with Crippen molar-refractivity contribution < 1.29 is 4.79 Å². The van der Waals surface area contributed by atoms with Crippen LogP contribution in [-0.4, -0.2) is 12.5 Å². The van der Waals surface area contributed by atoms with Crippen molar-refractivity contribution >= 4 is 33.2 Å². The maximum Gasteiger partial charge on any atom is 0.231 e. The van der Waals surface area contributed by atoms with Gasteiger partial charge in [0.1, 0.15) is 0 Å². The summed E-state index contributed by atoms with van der Waals surface area (Å²) in [7, 11) is 0. The summed E-state index contributed by atoms with van der Waals surface area (Å²) in [6.07, 6.45) is 1.31. The molecule has 0 atom stereocenters. The lowest BCUT2D eigenvalue weighted by atomic mass is 10.1. The third-order valence-corrected chi connectivity index (χ3v) is 4.04. The van der Waals surface area contributed by atoms with Crippen molar-refractivity contribution in [1.29, 1.82) is 0 Å². The van der Waals surface area contributed by atoms with E-state index < -0.39 is 0 Å². The Morgan fingerprint density at radius 2 is 2.10 bits per heavy atom. The highest BCUT2D eigenvalue weighted by Crippen LogP contribution is 2.30. The number of hydrogen-bond acceptors (Lipinski definition) is 2. The van der Waals surface area contributed by atoms with E-state index in [2.05, 4.69) is 15.9 Å². The van der Waals surface area contributed by atoms with Gasteiger partial charge in [0.05, 0.1) is 6.42 Å². The third kappa shape index (κ3) is 2.56. The minimum atomic E-state index is 0.118. The molecule has 0 aliphatic carbocycles. The Morgan fingerprint density at radius 1 is 1.25 bits per heavy atom. The summed E-state index contributed by atoms with van der Waals surface area (Å²) in [5.41, 5.74) is 9.70. The van der Waals surface area contributed by atoms with E-state index in [9.17, 15) is 4.79 Å². The van der Waals surface area contributed by atoms with Crippen LogP contribution >= 0.6 is 15.9 Å². The maximum atomic E-state index is 12.5. The van der Waals surface area contributed by atoms with Crippen molar-refractivity contribution in [2.24, 2.45) is 0 Å². The molecular weight excluding hydrogens is 316 g/mol. The van der Waals surface area contributed by atoms with Gasteiger partial charge in [-0.3, -0.25) is 4.79 Å². The van der Waals surface area contributed by atoms with E-state index in [1.165, 1.54) is 5.56 Å². The monoisotopic (exact) mass is 330 g/mol. The van der Waals surface area contributed by atoms with Gasteiger partial charge in [-0.15, -0.1) is 0 Å². The van der Waals surface area contributed by atoms with Crippen LogP contribution in [-0.2, 0) is 17.6 Å². The van der Waals surface area contributed by atoms with Gasteiger partial charge in [0.15, 0.2) is 0 Å². The van der Waals surface area contributed by atoms with Crippen molar-refractivity contribution in [2.45, 2.75) is 12.8 Å². The largest absolute Gasteiger partial charge is 0.399 e. The average Bonchev–Trinajstić information content (AvgIpc) is 2.81. The standard InChI is InChI=1S/C16H15BrN2O/c17-13-3-1-2-11(8-13)9-16(20)19-7-6-12-4-5-14(18)10-15(12)19/h1-5,8,10H,6-7,9,18H2. The molecule has 3 nitrogen and oxygen atoms in total. The van der Waals surface area contributed by atoms with Gasteiger partial charge in [-0.1, -0.05) is 34.1 Å². The first-order valence-corrected chi connectivity index (χ1v) is 7.36. The minimum absolute atomic E-state index is 0.118. The van der Waals surface area contributed by atoms with Crippen molar-refractivity contribution in [2.75, 3.05) is 17.2 Å². The van der Waals surface area contributed by atoms with Crippen LogP contribution in [0.3, 0.4) is 0 Å². The fourth-order valence-electron chi connectivity index (χ4n) is 2.57. The highest BCUT2D eigenvalue weighted by molar-refractivity contribution is 9.10. The molecule has 2 N–H and O–H groups in total. The van der Waals surface area contributed by atoms with Gasteiger partial charge in [-0.05, 0) is 41.8 Å². The minimum Gasteiger partial charge on any atom is -0.399 e. The highest BCUT2D eigenvalue weighted by atomic mass is 79.9. The molecule has 1 heterocycles. The molecule has 1 aliphatic heterocycles. The lowest BCUT2D eigenvalue weighted by Gasteiger charge is -2.17. The van der Waals surface area contributed by atoms with Crippen LogP contribution in [0.25, 0.3) is 0 Å². The second-order valence-electron chi connectivity index (χ2n) is 4.99. The molecule has 0 bridgehead atoms. The Labute approximate surface area is 126 Å². The van der Waals surface area contributed by atoms with Crippen LogP contribution < -0.4 is 10.6 Å². The number of halogens is 1. The molecule has 0 saturated heterocycles. The molecule has 0 spiro atoms. The van der Waals surface area contributed by atoms with E-state index in [1.807, 2.05) is 47.4 Å². The number of amides is 1. The molecule has 2 aromatic rings. The highest BCUT2D eigenvalue weighted by Gasteiger charge is 2.24. The fraction of sp³-hybridized carbons (Fsp3) is 0.188. The zero-order valence-corrected chi connectivity index (χ0v) is 12.6. The number of carbonyl (C=O) groups is 1. The van der Waals surface area contributed by atoms with E-state index in [0.29, 0.717) is 12.1 Å². The number of nitrogens with zero attached hydrogens (tertiary/aromatic N) is 1. The van der Waals surface area contributed by atoms with Crippen molar-refractivity contribution in [3.8, 4) is 0 Å². The number of benzene rings is 2. The Morgan fingerprint density at radius 3 is 2.90 bits per heavy atom. The van der Waals surface area contributed by atoms with Crippen LogP contribution in [0.5, 0.6) is 0 Å². The quantitative estimate of drug-likeness (QED) is 0.859. The summed E-state index contributed by atoms with van der Waals surface area (Å²) in [5, 5.41) is 0. The van der Waals surface area contributed by atoms with Crippen LogP contribution in [0, 0.1) is 0 Å². The smallest absolute Gasteiger partial charge is 0.231 e. The van der Waals surface area contributed by atoms with Crippen molar-refractivity contribution in [3.63, 3.8) is 0 Å². The van der Waals surface area contributed by atoms with Gasteiger partial charge >= 0.3 is 0 Å². The predicted octanol–water partition coefficient (Wildman–Crippen LogP) is 3.16. The topological polar surface area (TPSA) is 46.3 Å². The Hall–Kier alpha value is -1.81. The molecule has 1 amide bonds. The average molecular weight is 331 g/mol. The first kappa shape index (κ1) is 13.2. The molecule has 4 heteroatoms. The number of anilines is 2. The van der Waals surface area contributed by atoms with E-state index in [1.54, 1.807) is 0 Å². The third-order valence-electron chi connectivity index (χ3n) is 3.55. The Bertz CT molecular complexity index is 669. The van der Waals surface area contributed by atoms with Gasteiger partial charge in [-0.25, -0.2) is 0 Å². The summed E-state index contributed by atoms with van der Waals surface area (Å²) in [6, 6.07) is 13.6. The SMILES string of the molecule is Nc1ccc2c(c1)N(C(=O)Cc1cccc(Br)c1)CC2. The number of carbonyl (C=O) groups excluding carboxylic acids is 1. The molecule has 0 fully saturated rings. The van der Waals surface area contributed by atoms with Crippen LogP contribution in [0.1, 0.15) is 11.1 Å². The fourth-order valence-corrected chi connectivity index (χ4v) is 3.02. The second kappa shape index (κ2) is 5.29. The number of nitrogens with two attached hydrogens (primary N) is 1.